The SMILES string of the molecule is CCCCCCCCCCCCCCCCCCCC(=O)OC[C@H](COP(=O)(O)OC[C@@H](O)COP(=O)(O)OC[C@@H](COC(=O)CCCCCCCCCCC(C)CC)OC(=O)CCCCCCCCCCCCCCCC(C)C)OC(=O)CCCCCCCCCCCCCCCCCC(C)C. The minimum absolute atomic E-state index is 0.107. The number of carbonyl (C=O) groups is 4. The van der Waals surface area contributed by atoms with Crippen LogP contribution >= 0.6 is 15.6 Å². The fraction of sp³-hybridized carbons (Fsp3) is 0.952. The van der Waals surface area contributed by atoms with Crippen molar-refractivity contribution in [3.05, 3.63) is 0 Å². The van der Waals surface area contributed by atoms with Gasteiger partial charge in [0.2, 0.25) is 0 Å². The third-order valence-electron chi connectivity index (χ3n) is 20.0. The Balaban J connectivity index is 5.27. The molecule has 0 bridgehead atoms. The largest absolute Gasteiger partial charge is 0.472 e. The maximum atomic E-state index is 13.1. The summed E-state index contributed by atoms with van der Waals surface area (Å²) in [6.45, 7) is 12.0. The number of ether oxygens (including phenoxy) is 4. The predicted octanol–water partition coefficient (Wildman–Crippen LogP) is 25.3. The number of esters is 4. The van der Waals surface area contributed by atoms with Gasteiger partial charge in [0.1, 0.15) is 19.3 Å². The molecular weight excluding hydrogens is 1340 g/mol. The summed E-state index contributed by atoms with van der Waals surface area (Å²) in [5.74, 6) is 0.261. The number of unbranched alkanes of at least 4 members (excludes halogenated alkanes) is 49. The van der Waals surface area contributed by atoms with Crippen molar-refractivity contribution in [2.45, 2.75) is 458 Å². The number of phosphoric acid groups is 2. The van der Waals surface area contributed by atoms with Gasteiger partial charge in [0, 0.05) is 25.7 Å². The zero-order chi connectivity index (χ0) is 75.8. The molecular formula is C84H164O17P2. The van der Waals surface area contributed by atoms with Gasteiger partial charge in [-0.05, 0) is 43.4 Å². The Kier molecular flexibility index (Phi) is 72.8. The first-order chi connectivity index (χ1) is 49.8. The smallest absolute Gasteiger partial charge is 0.462 e. The summed E-state index contributed by atoms with van der Waals surface area (Å²) in [6.07, 6.45) is 63.7. The van der Waals surface area contributed by atoms with Crippen molar-refractivity contribution in [2.75, 3.05) is 39.6 Å². The van der Waals surface area contributed by atoms with E-state index in [4.69, 9.17) is 37.0 Å². The lowest BCUT2D eigenvalue weighted by molar-refractivity contribution is -0.161. The van der Waals surface area contributed by atoms with Crippen molar-refractivity contribution in [3.8, 4) is 0 Å². The van der Waals surface area contributed by atoms with Gasteiger partial charge in [-0.25, -0.2) is 9.13 Å². The van der Waals surface area contributed by atoms with Crippen LogP contribution in [-0.4, -0.2) is 96.7 Å². The zero-order valence-electron chi connectivity index (χ0n) is 67.8. The minimum atomic E-state index is -4.96. The van der Waals surface area contributed by atoms with Crippen LogP contribution < -0.4 is 0 Å². The van der Waals surface area contributed by atoms with Gasteiger partial charge in [0.05, 0.1) is 26.4 Å². The summed E-state index contributed by atoms with van der Waals surface area (Å²) in [5, 5.41) is 10.7. The summed E-state index contributed by atoms with van der Waals surface area (Å²) < 4.78 is 68.9. The third-order valence-corrected chi connectivity index (χ3v) is 21.9. The van der Waals surface area contributed by atoms with E-state index >= 15 is 0 Å². The van der Waals surface area contributed by atoms with E-state index in [9.17, 15) is 43.2 Å². The number of hydrogen-bond acceptors (Lipinski definition) is 15. The number of carbonyl (C=O) groups excluding carboxylic acids is 4. The molecule has 3 N–H and O–H groups in total. The minimum Gasteiger partial charge on any atom is -0.462 e. The average Bonchev–Trinajstić information content (AvgIpc) is 0.909. The molecule has 612 valence electrons. The lowest BCUT2D eigenvalue weighted by Gasteiger charge is -2.21. The highest BCUT2D eigenvalue weighted by molar-refractivity contribution is 7.47. The van der Waals surface area contributed by atoms with Crippen LogP contribution in [0.4, 0.5) is 0 Å². The van der Waals surface area contributed by atoms with Crippen LogP contribution in [0.1, 0.15) is 440 Å². The van der Waals surface area contributed by atoms with E-state index in [2.05, 4.69) is 48.5 Å². The highest BCUT2D eigenvalue weighted by Gasteiger charge is 2.30. The molecule has 0 radical (unpaired) electrons. The number of hydrogen-bond donors (Lipinski definition) is 3. The van der Waals surface area contributed by atoms with Crippen LogP contribution in [0.3, 0.4) is 0 Å². The van der Waals surface area contributed by atoms with Crippen molar-refractivity contribution >= 4 is 39.5 Å². The van der Waals surface area contributed by atoms with Crippen LogP contribution in [-0.2, 0) is 65.4 Å². The van der Waals surface area contributed by atoms with Gasteiger partial charge in [-0.2, -0.15) is 0 Å². The number of aliphatic hydroxyl groups excluding tert-OH is 1. The molecule has 3 unspecified atom stereocenters. The van der Waals surface area contributed by atoms with Crippen molar-refractivity contribution in [2.24, 2.45) is 17.8 Å². The van der Waals surface area contributed by atoms with Crippen LogP contribution in [0.5, 0.6) is 0 Å². The maximum absolute atomic E-state index is 13.1. The predicted molar refractivity (Wildman–Crippen MR) is 423 cm³/mol. The molecule has 0 aromatic carbocycles. The number of aliphatic hydroxyl groups is 1. The van der Waals surface area contributed by atoms with Gasteiger partial charge in [-0.1, -0.05) is 389 Å². The molecule has 0 heterocycles. The number of phosphoric ester groups is 2. The molecule has 0 aromatic heterocycles. The summed E-state index contributed by atoms with van der Waals surface area (Å²) in [5.41, 5.74) is 0. The lowest BCUT2D eigenvalue weighted by atomic mass is 9.99. The van der Waals surface area contributed by atoms with E-state index in [1.54, 1.807) is 0 Å². The van der Waals surface area contributed by atoms with Crippen LogP contribution in [0.25, 0.3) is 0 Å². The zero-order valence-corrected chi connectivity index (χ0v) is 69.6. The fourth-order valence-corrected chi connectivity index (χ4v) is 14.6. The van der Waals surface area contributed by atoms with Gasteiger partial charge in [-0.3, -0.25) is 37.3 Å². The van der Waals surface area contributed by atoms with E-state index in [0.29, 0.717) is 25.7 Å². The van der Waals surface area contributed by atoms with Gasteiger partial charge in [-0.15, -0.1) is 0 Å². The van der Waals surface area contributed by atoms with Crippen LogP contribution in [0, 0.1) is 17.8 Å². The molecule has 0 fully saturated rings. The Labute approximate surface area is 632 Å². The Bertz CT molecular complexity index is 1990. The van der Waals surface area contributed by atoms with Crippen LogP contribution in [0.2, 0.25) is 0 Å². The molecule has 0 saturated heterocycles. The van der Waals surface area contributed by atoms with Gasteiger partial charge >= 0.3 is 39.5 Å². The molecule has 0 rings (SSSR count). The Morgan fingerprint density at radius 3 is 0.738 bits per heavy atom. The lowest BCUT2D eigenvalue weighted by Crippen LogP contribution is -2.30. The highest BCUT2D eigenvalue weighted by Crippen LogP contribution is 2.45. The van der Waals surface area contributed by atoms with Gasteiger partial charge in [0.15, 0.2) is 12.2 Å². The molecule has 0 aliphatic heterocycles. The molecule has 6 atom stereocenters. The molecule has 103 heavy (non-hydrogen) atoms. The first-order valence-electron chi connectivity index (χ1n) is 43.4. The number of rotatable bonds is 82. The second-order valence-electron chi connectivity index (χ2n) is 31.4. The summed E-state index contributed by atoms with van der Waals surface area (Å²) in [4.78, 5) is 73.2. The van der Waals surface area contributed by atoms with Gasteiger partial charge < -0.3 is 33.8 Å². The van der Waals surface area contributed by atoms with Gasteiger partial charge in [0.25, 0.3) is 0 Å². The van der Waals surface area contributed by atoms with Crippen molar-refractivity contribution in [1.29, 1.82) is 0 Å². The molecule has 0 saturated carbocycles. The topological polar surface area (TPSA) is 237 Å². The molecule has 0 aromatic rings. The van der Waals surface area contributed by atoms with E-state index in [1.807, 2.05) is 0 Å². The standard InChI is InChI=1S/C84H164O17P2/c1-8-10-11-12-13-14-15-16-17-18-21-26-31-36-44-51-58-65-81(86)94-71-79(100-83(88)67-60-53-46-37-32-27-22-19-20-24-29-34-41-48-55-62-75(3)4)73-98-102(90,91)96-69-78(85)70-97-103(92,93)99-74-80(72-95-82(87)66-59-52-45-40-39-43-50-57-64-77(7)9-2)101-84(89)68-61-54-47-38-33-28-23-25-30-35-42-49-56-63-76(5)6/h75-80,85H,8-74H2,1-7H3,(H,90,91)(H,92,93)/t77?,78-,79-,80-/m1/s1. The maximum Gasteiger partial charge on any atom is 0.472 e. The molecule has 0 aliphatic rings. The van der Waals surface area contributed by atoms with E-state index < -0.39 is 97.5 Å². The first kappa shape index (κ1) is 101. The quantitative estimate of drug-likeness (QED) is 0.0222. The molecule has 19 heteroatoms. The molecule has 0 aliphatic carbocycles. The van der Waals surface area contributed by atoms with E-state index in [1.165, 1.54) is 250 Å². The van der Waals surface area contributed by atoms with Crippen molar-refractivity contribution in [1.82, 2.24) is 0 Å². The summed E-state index contributed by atoms with van der Waals surface area (Å²) >= 11 is 0. The summed E-state index contributed by atoms with van der Waals surface area (Å²) in [7, 11) is -9.93. The Morgan fingerprint density at radius 2 is 0.495 bits per heavy atom. The van der Waals surface area contributed by atoms with E-state index in [-0.39, 0.29) is 25.7 Å². The Hall–Kier alpha value is -1.94. The van der Waals surface area contributed by atoms with Crippen LogP contribution in [0.15, 0.2) is 0 Å². The van der Waals surface area contributed by atoms with E-state index in [0.717, 1.165) is 108 Å². The first-order valence-corrected chi connectivity index (χ1v) is 46.4. The molecule has 0 spiro atoms. The second kappa shape index (κ2) is 74.2. The molecule has 0 amide bonds. The fourth-order valence-electron chi connectivity index (χ4n) is 13.0. The van der Waals surface area contributed by atoms with Crippen molar-refractivity contribution in [3.63, 3.8) is 0 Å². The second-order valence-corrected chi connectivity index (χ2v) is 34.3. The molecule has 17 nitrogen and oxygen atoms in total. The monoisotopic (exact) mass is 1510 g/mol. The highest BCUT2D eigenvalue weighted by atomic mass is 31.2. The van der Waals surface area contributed by atoms with Crippen molar-refractivity contribution < 1.29 is 80.2 Å². The normalized spacial score (nSPS) is 14.2. The Morgan fingerprint density at radius 1 is 0.282 bits per heavy atom. The average molecular weight is 1510 g/mol. The third kappa shape index (κ3) is 76.6. The summed E-state index contributed by atoms with van der Waals surface area (Å²) in [6, 6.07) is 0.